The van der Waals surface area contributed by atoms with Crippen molar-refractivity contribution in [3.63, 3.8) is 0 Å². The second-order valence-corrected chi connectivity index (χ2v) is 5.66. The Hall–Kier alpha value is -3.08. The van der Waals surface area contributed by atoms with Gasteiger partial charge in [0.1, 0.15) is 0 Å². The zero-order chi connectivity index (χ0) is 16.8. The van der Waals surface area contributed by atoms with E-state index in [1.54, 1.807) is 18.0 Å². The van der Waals surface area contributed by atoms with Crippen molar-refractivity contribution in [2.24, 2.45) is 0 Å². The van der Waals surface area contributed by atoms with E-state index < -0.39 is 0 Å². The summed E-state index contributed by atoms with van der Waals surface area (Å²) in [6.45, 7) is 1.23. The number of benzene rings is 2. The first-order valence-corrected chi connectivity index (χ1v) is 7.84. The molecule has 3 aromatic rings. The number of hydrogen-bond donors (Lipinski definition) is 1. The van der Waals surface area contributed by atoms with Crippen LogP contribution in [0.1, 0.15) is 11.1 Å². The molecule has 2 amide bonds. The number of aromatic nitrogens is 2. The van der Waals surface area contributed by atoms with Crippen molar-refractivity contribution in [3.05, 3.63) is 84.1 Å². The smallest absolute Gasteiger partial charge is 0.323 e. The van der Waals surface area contributed by atoms with E-state index in [0.29, 0.717) is 18.9 Å². The molecule has 3 rings (SSSR count). The van der Waals surface area contributed by atoms with Crippen molar-refractivity contribution in [3.8, 4) is 0 Å². The van der Waals surface area contributed by atoms with Crippen LogP contribution in [0.4, 0.5) is 10.6 Å². The Morgan fingerprint density at radius 1 is 1.00 bits per heavy atom. The van der Waals surface area contributed by atoms with Crippen LogP contribution in [0.2, 0.25) is 0 Å². The number of amides is 2. The summed E-state index contributed by atoms with van der Waals surface area (Å²) >= 11 is 0. The molecule has 0 radical (unpaired) electrons. The lowest BCUT2D eigenvalue weighted by Gasteiger charge is -2.17. The molecule has 1 N–H and O–H groups in total. The number of nitrogens with zero attached hydrogens (tertiary/aromatic N) is 3. The van der Waals surface area contributed by atoms with Crippen molar-refractivity contribution in [1.29, 1.82) is 0 Å². The van der Waals surface area contributed by atoms with Crippen LogP contribution in [-0.2, 0) is 13.1 Å². The summed E-state index contributed by atoms with van der Waals surface area (Å²) in [5, 5.41) is 7.22. The van der Waals surface area contributed by atoms with E-state index >= 15 is 0 Å². The highest BCUT2D eigenvalue weighted by molar-refractivity contribution is 5.87. The molecular weight excluding hydrogens is 300 g/mol. The van der Waals surface area contributed by atoms with E-state index in [4.69, 9.17) is 0 Å². The summed E-state index contributed by atoms with van der Waals surface area (Å²) in [6.07, 6.45) is 1.86. The molecule has 0 unspecified atom stereocenters. The Kier molecular flexibility index (Phi) is 4.91. The van der Waals surface area contributed by atoms with Gasteiger partial charge in [-0.15, -0.1) is 0 Å². The lowest BCUT2D eigenvalue weighted by atomic mass is 10.2. The van der Waals surface area contributed by atoms with Crippen molar-refractivity contribution in [2.75, 3.05) is 12.4 Å². The zero-order valence-corrected chi connectivity index (χ0v) is 13.6. The number of carbonyl (C=O) groups is 1. The second kappa shape index (κ2) is 7.46. The fourth-order valence-electron chi connectivity index (χ4n) is 2.42. The fourth-order valence-corrected chi connectivity index (χ4v) is 2.42. The van der Waals surface area contributed by atoms with E-state index in [-0.39, 0.29) is 6.03 Å². The van der Waals surface area contributed by atoms with E-state index in [2.05, 4.69) is 10.4 Å². The van der Waals surface area contributed by atoms with Crippen LogP contribution < -0.4 is 5.32 Å². The van der Waals surface area contributed by atoms with Gasteiger partial charge in [-0.25, -0.2) is 4.79 Å². The van der Waals surface area contributed by atoms with Crippen molar-refractivity contribution in [2.45, 2.75) is 13.1 Å². The van der Waals surface area contributed by atoms with Gasteiger partial charge in [0.05, 0.1) is 6.54 Å². The standard InChI is InChI=1S/C19H20N4O/c1-22(14-16-8-4-2-5-9-16)19(24)20-18-12-13-23(21-18)15-17-10-6-3-7-11-17/h2-13H,14-15H2,1H3,(H,20,21,24). The van der Waals surface area contributed by atoms with E-state index in [1.807, 2.05) is 71.5 Å². The molecule has 0 aliphatic carbocycles. The first-order valence-electron chi connectivity index (χ1n) is 7.84. The Balaban J connectivity index is 1.57. The van der Waals surface area contributed by atoms with Gasteiger partial charge in [-0.3, -0.25) is 10.00 Å². The molecule has 0 aliphatic rings. The molecule has 24 heavy (non-hydrogen) atoms. The van der Waals surface area contributed by atoms with Gasteiger partial charge in [0.25, 0.3) is 0 Å². The van der Waals surface area contributed by atoms with Gasteiger partial charge in [0.15, 0.2) is 5.82 Å². The van der Waals surface area contributed by atoms with Crippen LogP contribution in [-0.4, -0.2) is 27.8 Å². The molecule has 0 aliphatic heterocycles. The van der Waals surface area contributed by atoms with Crippen molar-refractivity contribution in [1.82, 2.24) is 14.7 Å². The number of urea groups is 1. The monoisotopic (exact) mass is 320 g/mol. The maximum atomic E-state index is 12.2. The summed E-state index contributed by atoms with van der Waals surface area (Å²) in [5.74, 6) is 0.552. The summed E-state index contributed by atoms with van der Waals surface area (Å²) in [4.78, 5) is 13.9. The molecular formula is C19H20N4O. The van der Waals surface area contributed by atoms with Crippen molar-refractivity contribution >= 4 is 11.8 Å². The minimum Gasteiger partial charge on any atom is -0.323 e. The average Bonchev–Trinajstić information content (AvgIpc) is 3.03. The van der Waals surface area contributed by atoms with E-state index in [9.17, 15) is 4.79 Å². The SMILES string of the molecule is CN(Cc1ccccc1)C(=O)Nc1ccn(Cc2ccccc2)n1. The topological polar surface area (TPSA) is 50.2 Å². The number of nitrogens with one attached hydrogen (secondary N) is 1. The maximum Gasteiger partial charge on any atom is 0.323 e. The van der Waals surface area contributed by atoms with Gasteiger partial charge >= 0.3 is 6.03 Å². The van der Waals surface area contributed by atoms with E-state index in [1.165, 1.54) is 5.56 Å². The molecule has 0 saturated heterocycles. The van der Waals surface area contributed by atoms with E-state index in [0.717, 1.165) is 5.56 Å². The maximum absolute atomic E-state index is 12.2. The van der Waals surface area contributed by atoms with Gasteiger partial charge in [0.2, 0.25) is 0 Å². The Labute approximate surface area is 141 Å². The first-order chi connectivity index (χ1) is 11.7. The molecule has 0 saturated carbocycles. The minimum absolute atomic E-state index is 0.177. The molecule has 0 atom stereocenters. The van der Waals surface area contributed by atoms with Crippen LogP contribution in [0.15, 0.2) is 72.9 Å². The number of carbonyl (C=O) groups excluding carboxylic acids is 1. The predicted molar refractivity (Wildman–Crippen MR) is 94.7 cm³/mol. The van der Waals surface area contributed by atoms with Gasteiger partial charge < -0.3 is 4.90 Å². The zero-order valence-electron chi connectivity index (χ0n) is 13.6. The highest BCUT2D eigenvalue weighted by Crippen LogP contribution is 2.08. The lowest BCUT2D eigenvalue weighted by Crippen LogP contribution is -2.31. The molecule has 0 fully saturated rings. The largest absolute Gasteiger partial charge is 0.323 e. The molecule has 5 heteroatoms. The molecule has 2 aromatic carbocycles. The molecule has 0 spiro atoms. The molecule has 5 nitrogen and oxygen atoms in total. The van der Waals surface area contributed by atoms with Crippen LogP contribution in [0.5, 0.6) is 0 Å². The van der Waals surface area contributed by atoms with Crippen LogP contribution in [0.3, 0.4) is 0 Å². The van der Waals surface area contributed by atoms with Crippen LogP contribution in [0, 0.1) is 0 Å². The molecule has 1 heterocycles. The second-order valence-electron chi connectivity index (χ2n) is 5.66. The summed E-state index contributed by atoms with van der Waals surface area (Å²) in [6, 6.07) is 21.6. The Morgan fingerprint density at radius 3 is 2.29 bits per heavy atom. The third-order valence-electron chi connectivity index (χ3n) is 3.67. The quantitative estimate of drug-likeness (QED) is 0.781. The van der Waals surface area contributed by atoms with Gasteiger partial charge in [-0.05, 0) is 11.1 Å². The molecule has 122 valence electrons. The van der Waals surface area contributed by atoms with Crippen molar-refractivity contribution < 1.29 is 4.79 Å². The summed E-state index contributed by atoms with van der Waals surface area (Å²) in [7, 11) is 1.77. The van der Waals surface area contributed by atoms with Crippen LogP contribution in [0.25, 0.3) is 0 Å². The third-order valence-corrected chi connectivity index (χ3v) is 3.67. The van der Waals surface area contributed by atoms with Gasteiger partial charge in [-0.1, -0.05) is 60.7 Å². The Morgan fingerprint density at radius 2 is 1.62 bits per heavy atom. The average molecular weight is 320 g/mol. The van der Waals surface area contributed by atoms with Crippen LogP contribution >= 0.6 is 0 Å². The third kappa shape index (κ3) is 4.23. The highest BCUT2D eigenvalue weighted by Gasteiger charge is 2.11. The highest BCUT2D eigenvalue weighted by atomic mass is 16.2. The Bertz CT molecular complexity index is 783. The first kappa shape index (κ1) is 15.8. The fraction of sp³-hybridized carbons (Fsp3) is 0.158. The predicted octanol–water partition coefficient (Wildman–Crippen LogP) is 3.60. The number of rotatable bonds is 5. The van der Waals surface area contributed by atoms with Gasteiger partial charge in [-0.2, -0.15) is 5.10 Å². The normalized spacial score (nSPS) is 10.4. The number of hydrogen-bond acceptors (Lipinski definition) is 2. The number of anilines is 1. The summed E-state index contributed by atoms with van der Waals surface area (Å²) < 4.78 is 1.81. The lowest BCUT2D eigenvalue weighted by molar-refractivity contribution is 0.220. The molecule has 0 bridgehead atoms. The minimum atomic E-state index is -0.177. The van der Waals surface area contributed by atoms with Gasteiger partial charge in [0, 0.05) is 25.9 Å². The summed E-state index contributed by atoms with van der Waals surface area (Å²) in [5.41, 5.74) is 2.25. The molecule has 1 aromatic heterocycles.